The summed E-state index contributed by atoms with van der Waals surface area (Å²) >= 11 is 0. The molecule has 9 nitrogen and oxygen atoms in total. The molecule has 0 bridgehead atoms. The van der Waals surface area contributed by atoms with Gasteiger partial charge in [-0.1, -0.05) is 110 Å². The second-order valence-corrected chi connectivity index (χ2v) is 13.2. The fourth-order valence-electron chi connectivity index (χ4n) is 4.08. The number of phosphoric acid groups is 1. The van der Waals surface area contributed by atoms with E-state index in [4.69, 9.17) is 23.3 Å². The van der Waals surface area contributed by atoms with Crippen molar-refractivity contribution in [3.63, 3.8) is 0 Å². The predicted molar refractivity (Wildman–Crippen MR) is 159 cm³/mol. The third kappa shape index (κ3) is 28.8. The summed E-state index contributed by atoms with van der Waals surface area (Å²) in [5, 5.41) is 0. The van der Waals surface area contributed by atoms with Crippen LogP contribution in [-0.4, -0.2) is 77.5 Å². The topological polar surface area (TPSA) is 103 Å². The van der Waals surface area contributed by atoms with Gasteiger partial charge >= 0.3 is 6.16 Å². The lowest BCUT2D eigenvalue weighted by Crippen LogP contribution is -2.37. The lowest BCUT2D eigenvalue weighted by molar-refractivity contribution is -0.870. The van der Waals surface area contributed by atoms with Crippen molar-refractivity contribution in [1.82, 2.24) is 0 Å². The van der Waals surface area contributed by atoms with Gasteiger partial charge in [-0.2, -0.15) is 0 Å². The number of quaternary nitrogens is 1. The molecule has 2 unspecified atom stereocenters. The molecule has 2 atom stereocenters. The van der Waals surface area contributed by atoms with Gasteiger partial charge in [0, 0.05) is 6.61 Å². The highest BCUT2D eigenvalue weighted by atomic mass is 31.2. The van der Waals surface area contributed by atoms with Crippen LogP contribution >= 0.6 is 7.82 Å². The van der Waals surface area contributed by atoms with Crippen LogP contribution in [0.3, 0.4) is 0 Å². The number of likely N-dealkylation sites (N-methyl/N-ethyl adjacent to an activating group) is 1. The van der Waals surface area contributed by atoms with E-state index in [1.807, 2.05) is 28.1 Å². The first-order chi connectivity index (χ1) is 19.1. The van der Waals surface area contributed by atoms with Crippen LogP contribution in [-0.2, 0) is 27.8 Å². The molecule has 0 aromatic heterocycles. The Balaban J connectivity index is 3.96. The van der Waals surface area contributed by atoms with Crippen molar-refractivity contribution in [2.24, 2.45) is 0 Å². The molecule has 0 saturated heterocycles. The van der Waals surface area contributed by atoms with Gasteiger partial charge in [0.15, 0.2) is 6.10 Å². The van der Waals surface area contributed by atoms with Gasteiger partial charge in [-0.3, -0.25) is 4.57 Å². The smallest absolute Gasteiger partial charge is 0.508 e. The van der Waals surface area contributed by atoms with E-state index in [2.05, 4.69) is 6.92 Å². The zero-order chi connectivity index (χ0) is 30.0. The molecule has 0 rings (SSSR count). The molecule has 0 saturated carbocycles. The van der Waals surface area contributed by atoms with Crippen LogP contribution in [0.2, 0.25) is 0 Å². The molecule has 0 fully saturated rings. The van der Waals surface area contributed by atoms with E-state index in [9.17, 15) is 14.3 Å². The summed E-state index contributed by atoms with van der Waals surface area (Å²) in [6, 6.07) is 0. The SMILES string of the molecule is CCCCCCCCCCCCCCCCCCOCC(COP(=O)([O-])OCC[N+](C)(C)C)OC(=O)OCCC. The quantitative estimate of drug-likeness (QED) is 0.0381. The molecule has 0 aliphatic carbocycles. The third-order valence-electron chi connectivity index (χ3n) is 6.56. The first-order valence-electron chi connectivity index (χ1n) is 15.9. The Labute approximate surface area is 245 Å². The average molecular weight is 596 g/mol. The van der Waals surface area contributed by atoms with Crippen molar-refractivity contribution in [3.05, 3.63) is 0 Å². The van der Waals surface area contributed by atoms with Crippen molar-refractivity contribution in [2.75, 3.05) is 60.7 Å². The van der Waals surface area contributed by atoms with E-state index in [-0.39, 0.29) is 26.4 Å². The minimum absolute atomic E-state index is 0.00407. The zero-order valence-electron chi connectivity index (χ0n) is 26.5. The number of rotatable bonds is 29. The number of carbonyl (C=O) groups excluding carboxylic acids is 1. The number of hydrogen-bond donors (Lipinski definition) is 0. The first-order valence-corrected chi connectivity index (χ1v) is 17.4. The monoisotopic (exact) mass is 595 g/mol. The van der Waals surface area contributed by atoms with Gasteiger partial charge in [-0.25, -0.2) is 4.79 Å². The lowest BCUT2D eigenvalue weighted by Gasteiger charge is -2.28. The van der Waals surface area contributed by atoms with E-state index in [0.717, 1.165) is 12.8 Å². The van der Waals surface area contributed by atoms with Gasteiger partial charge < -0.3 is 32.6 Å². The highest BCUT2D eigenvalue weighted by Crippen LogP contribution is 2.38. The second kappa shape index (κ2) is 26.0. The average Bonchev–Trinajstić information content (AvgIpc) is 2.88. The van der Waals surface area contributed by atoms with Crippen LogP contribution in [0.15, 0.2) is 0 Å². The molecule has 0 N–H and O–H groups in total. The highest BCUT2D eigenvalue weighted by Gasteiger charge is 2.21. The molecule has 0 aliphatic rings. The second-order valence-electron chi connectivity index (χ2n) is 11.8. The number of phosphoric ester groups is 1. The normalized spacial score (nSPS) is 14.2. The van der Waals surface area contributed by atoms with Crippen molar-refractivity contribution in [3.8, 4) is 0 Å². The molecule has 0 aromatic rings. The standard InChI is InChI=1S/C30H62NO8P/c1-6-8-9-10-11-12-13-14-15-16-17-18-19-20-21-22-25-35-27-29(39-30(32)36-24-7-2)28-38-40(33,34)37-26-23-31(3,4)5/h29H,6-28H2,1-5H3. The van der Waals surface area contributed by atoms with Crippen LogP contribution < -0.4 is 4.89 Å². The lowest BCUT2D eigenvalue weighted by atomic mass is 10.0. The van der Waals surface area contributed by atoms with Crippen molar-refractivity contribution < 1.29 is 42.0 Å². The van der Waals surface area contributed by atoms with E-state index in [1.54, 1.807) is 0 Å². The maximum Gasteiger partial charge on any atom is 0.508 e. The van der Waals surface area contributed by atoms with Gasteiger partial charge in [0.1, 0.15) is 13.2 Å². The summed E-state index contributed by atoms with van der Waals surface area (Å²) in [7, 11) is 1.28. The molecule has 0 aromatic carbocycles. The minimum atomic E-state index is -4.52. The molecule has 0 spiro atoms. The number of unbranched alkanes of at least 4 members (excludes halogenated alkanes) is 15. The summed E-state index contributed by atoms with van der Waals surface area (Å²) in [4.78, 5) is 24.0. The van der Waals surface area contributed by atoms with Crippen molar-refractivity contribution in [2.45, 2.75) is 129 Å². The van der Waals surface area contributed by atoms with E-state index in [0.29, 0.717) is 24.1 Å². The summed E-state index contributed by atoms with van der Waals surface area (Å²) in [6.07, 6.45) is 19.7. The fraction of sp³-hybridized carbons (Fsp3) is 0.967. The summed E-state index contributed by atoms with van der Waals surface area (Å²) in [5.74, 6) is 0. The van der Waals surface area contributed by atoms with E-state index < -0.39 is 20.1 Å². The molecular weight excluding hydrogens is 533 g/mol. The number of carbonyl (C=O) groups is 1. The Hall–Kier alpha value is -0.700. The Kier molecular flexibility index (Phi) is 25.5. The number of nitrogens with zero attached hydrogens (tertiary/aromatic N) is 1. The van der Waals surface area contributed by atoms with Crippen LogP contribution in [0.1, 0.15) is 123 Å². The Morgan fingerprint density at radius 1 is 0.675 bits per heavy atom. The molecule has 0 radical (unpaired) electrons. The molecule has 240 valence electrons. The highest BCUT2D eigenvalue weighted by molar-refractivity contribution is 7.45. The molecule has 0 heterocycles. The first kappa shape index (κ1) is 39.3. The molecule has 40 heavy (non-hydrogen) atoms. The Morgan fingerprint density at radius 3 is 1.65 bits per heavy atom. The molecule has 0 amide bonds. The van der Waals surface area contributed by atoms with E-state index >= 15 is 0 Å². The third-order valence-corrected chi connectivity index (χ3v) is 7.53. The van der Waals surface area contributed by atoms with Gasteiger partial charge in [-0.15, -0.1) is 0 Å². The number of hydrogen-bond acceptors (Lipinski definition) is 8. The van der Waals surface area contributed by atoms with E-state index in [1.165, 1.54) is 89.9 Å². The van der Waals surface area contributed by atoms with Crippen LogP contribution in [0, 0.1) is 0 Å². The maximum atomic E-state index is 12.1. The zero-order valence-corrected chi connectivity index (χ0v) is 27.4. The van der Waals surface area contributed by atoms with Crippen LogP contribution in [0.5, 0.6) is 0 Å². The maximum absolute atomic E-state index is 12.1. The fourth-order valence-corrected chi connectivity index (χ4v) is 4.81. The minimum Gasteiger partial charge on any atom is -0.756 e. The van der Waals surface area contributed by atoms with Gasteiger partial charge in [0.25, 0.3) is 7.82 Å². The van der Waals surface area contributed by atoms with Crippen LogP contribution in [0.4, 0.5) is 4.79 Å². The number of ether oxygens (including phenoxy) is 3. The van der Waals surface area contributed by atoms with Gasteiger partial charge in [-0.05, 0) is 12.8 Å². The Bertz CT molecular complexity index is 629. The molecule has 0 aliphatic heterocycles. The molecular formula is C30H62NO8P. The summed E-state index contributed by atoms with van der Waals surface area (Å²) in [6.45, 7) is 5.02. The summed E-state index contributed by atoms with van der Waals surface area (Å²) in [5.41, 5.74) is 0. The largest absolute Gasteiger partial charge is 0.756 e. The summed E-state index contributed by atoms with van der Waals surface area (Å²) < 4.78 is 38.3. The Morgan fingerprint density at radius 2 is 1.18 bits per heavy atom. The van der Waals surface area contributed by atoms with Crippen LogP contribution in [0.25, 0.3) is 0 Å². The van der Waals surface area contributed by atoms with Gasteiger partial charge in [0.2, 0.25) is 0 Å². The van der Waals surface area contributed by atoms with Crippen molar-refractivity contribution >= 4 is 14.0 Å². The van der Waals surface area contributed by atoms with Gasteiger partial charge in [0.05, 0.1) is 41.0 Å². The van der Waals surface area contributed by atoms with Crippen molar-refractivity contribution in [1.29, 1.82) is 0 Å². The predicted octanol–water partition coefficient (Wildman–Crippen LogP) is 7.40. The molecule has 10 heteroatoms.